The minimum Gasteiger partial charge on any atom is -0.494 e. The van der Waals surface area contributed by atoms with Crippen molar-refractivity contribution in [2.24, 2.45) is 0 Å². The van der Waals surface area contributed by atoms with Crippen molar-refractivity contribution in [1.82, 2.24) is 0 Å². The van der Waals surface area contributed by atoms with Crippen LogP contribution in [0.2, 0.25) is 0 Å². The van der Waals surface area contributed by atoms with Crippen molar-refractivity contribution in [3.8, 4) is 16.9 Å². The molecule has 0 N–H and O–H groups in total. The van der Waals surface area contributed by atoms with Crippen molar-refractivity contribution in [1.29, 1.82) is 0 Å². The summed E-state index contributed by atoms with van der Waals surface area (Å²) in [4.78, 5) is 11.9. The molecule has 0 aromatic heterocycles. The summed E-state index contributed by atoms with van der Waals surface area (Å²) in [6.07, 6.45) is 3.43. The lowest BCUT2D eigenvalue weighted by Gasteiger charge is -2.29. The normalized spacial score (nSPS) is 19.9. The van der Waals surface area contributed by atoms with Crippen LogP contribution in [0.4, 0.5) is 8.78 Å². The second-order valence-corrected chi connectivity index (χ2v) is 7.99. The van der Waals surface area contributed by atoms with Gasteiger partial charge in [0.05, 0.1) is 7.11 Å². The fraction of sp³-hybridized carbons (Fsp3) is 0.480. The Morgan fingerprint density at radius 1 is 1.07 bits per heavy atom. The number of rotatable bonds is 8. The Morgan fingerprint density at radius 2 is 1.73 bits per heavy atom. The topological polar surface area (TPSA) is 35.5 Å². The molecule has 0 unspecified atom stereocenters. The number of alkyl halides is 1. The molecule has 0 bridgehead atoms. The van der Waals surface area contributed by atoms with Crippen molar-refractivity contribution in [3.05, 3.63) is 53.8 Å². The van der Waals surface area contributed by atoms with E-state index in [1.807, 2.05) is 25.1 Å². The fourth-order valence-corrected chi connectivity index (χ4v) is 4.05. The molecular formula is C25H30F2O3. The van der Waals surface area contributed by atoms with E-state index in [0.29, 0.717) is 12.3 Å². The molecule has 0 aliphatic heterocycles. The number of ether oxygens (including phenoxy) is 2. The minimum absolute atomic E-state index is 0.185. The van der Waals surface area contributed by atoms with Gasteiger partial charge in [-0.25, -0.2) is 13.6 Å². The number of esters is 1. The zero-order valence-electron chi connectivity index (χ0n) is 17.7. The van der Waals surface area contributed by atoms with E-state index in [-0.39, 0.29) is 24.1 Å². The molecule has 2 aromatic rings. The third-order valence-electron chi connectivity index (χ3n) is 5.89. The van der Waals surface area contributed by atoms with Gasteiger partial charge in [0.1, 0.15) is 6.10 Å². The molecule has 30 heavy (non-hydrogen) atoms. The molecule has 3 nitrogen and oxygen atoms in total. The summed E-state index contributed by atoms with van der Waals surface area (Å²) < 4.78 is 38.1. The number of hydrogen-bond donors (Lipinski definition) is 0. The van der Waals surface area contributed by atoms with E-state index in [9.17, 15) is 13.6 Å². The second-order valence-electron chi connectivity index (χ2n) is 7.99. The quantitative estimate of drug-likeness (QED) is 0.455. The van der Waals surface area contributed by atoms with E-state index in [2.05, 4.69) is 12.1 Å². The van der Waals surface area contributed by atoms with E-state index in [0.717, 1.165) is 43.2 Å². The molecule has 2 aromatic carbocycles. The average Bonchev–Trinajstić information content (AvgIpc) is 2.78. The number of halogens is 2. The maximum absolute atomic E-state index is 14.0. The van der Waals surface area contributed by atoms with Crippen molar-refractivity contribution < 1.29 is 23.0 Å². The van der Waals surface area contributed by atoms with Crippen LogP contribution in [0.15, 0.2) is 42.5 Å². The highest BCUT2D eigenvalue weighted by atomic mass is 19.1. The van der Waals surface area contributed by atoms with Gasteiger partial charge >= 0.3 is 5.97 Å². The third kappa shape index (κ3) is 5.59. The van der Waals surface area contributed by atoms with Crippen LogP contribution in [-0.2, 0) is 9.53 Å². The monoisotopic (exact) mass is 416 g/mol. The second kappa shape index (κ2) is 10.6. The molecule has 3 rings (SSSR count). The Hall–Kier alpha value is -2.43. The molecular weight excluding hydrogens is 386 g/mol. The first-order valence-corrected chi connectivity index (χ1v) is 10.8. The van der Waals surface area contributed by atoms with Crippen molar-refractivity contribution in [3.63, 3.8) is 0 Å². The lowest BCUT2D eigenvalue weighted by atomic mass is 9.82. The van der Waals surface area contributed by atoms with E-state index >= 15 is 0 Å². The molecule has 162 valence electrons. The van der Waals surface area contributed by atoms with Gasteiger partial charge in [0, 0.05) is 0 Å². The first kappa shape index (κ1) is 22.3. The Balaban J connectivity index is 1.53. The van der Waals surface area contributed by atoms with Gasteiger partial charge in [0.15, 0.2) is 17.7 Å². The predicted octanol–water partition coefficient (Wildman–Crippen LogP) is 6.60. The maximum Gasteiger partial charge on any atom is 0.340 e. The van der Waals surface area contributed by atoms with E-state index in [1.165, 1.54) is 18.7 Å². The van der Waals surface area contributed by atoms with Gasteiger partial charge in [0.2, 0.25) is 0 Å². The first-order valence-electron chi connectivity index (χ1n) is 10.8. The summed E-state index contributed by atoms with van der Waals surface area (Å²) in [5.74, 6) is -0.458. The average molecular weight is 417 g/mol. The molecule has 0 amide bonds. The molecule has 1 saturated carbocycles. The largest absolute Gasteiger partial charge is 0.494 e. The van der Waals surface area contributed by atoms with Crippen LogP contribution in [-0.4, -0.2) is 25.4 Å². The van der Waals surface area contributed by atoms with E-state index in [4.69, 9.17) is 9.47 Å². The Kier molecular flexibility index (Phi) is 7.83. The molecule has 1 atom stereocenters. The van der Waals surface area contributed by atoms with Crippen LogP contribution in [0.1, 0.15) is 63.4 Å². The Morgan fingerprint density at radius 3 is 2.33 bits per heavy atom. The number of benzene rings is 2. The highest BCUT2D eigenvalue weighted by Gasteiger charge is 2.27. The van der Waals surface area contributed by atoms with Gasteiger partial charge < -0.3 is 9.47 Å². The van der Waals surface area contributed by atoms with Crippen LogP contribution in [0, 0.1) is 5.82 Å². The number of unbranched alkanes of at least 4 members (excludes halogenated alkanes) is 1. The van der Waals surface area contributed by atoms with Crippen LogP contribution in [0.3, 0.4) is 0 Å². The van der Waals surface area contributed by atoms with Crippen molar-refractivity contribution >= 4 is 5.97 Å². The van der Waals surface area contributed by atoms with Gasteiger partial charge in [-0.15, -0.1) is 0 Å². The molecule has 0 spiro atoms. The molecule has 5 heteroatoms. The fourth-order valence-electron chi connectivity index (χ4n) is 4.05. The molecule has 0 heterocycles. The smallest absolute Gasteiger partial charge is 0.340 e. The van der Waals surface area contributed by atoms with Gasteiger partial charge in [-0.3, -0.25) is 0 Å². The highest BCUT2D eigenvalue weighted by Crippen LogP contribution is 2.35. The van der Waals surface area contributed by atoms with Crippen LogP contribution in [0.25, 0.3) is 11.1 Å². The van der Waals surface area contributed by atoms with Gasteiger partial charge in [-0.2, -0.15) is 0 Å². The zero-order valence-corrected chi connectivity index (χ0v) is 17.7. The zero-order chi connectivity index (χ0) is 21.5. The minimum atomic E-state index is -1.50. The number of hydrogen-bond acceptors (Lipinski definition) is 3. The van der Waals surface area contributed by atoms with Crippen LogP contribution in [0.5, 0.6) is 5.75 Å². The lowest BCUT2D eigenvalue weighted by Crippen LogP contribution is -2.28. The summed E-state index contributed by atoms with van der Waals surface area (Å²) in [7, 11) is 1.45. The number of methoxy groups -OCH3 is 1. The van der Waals surface area contributed by atoms with E-state index < -0.39 is 12.1 Å². The number of carbonyl (C=O) groups excluding carboxylic acids is 1. The van der Waals surface area contributed by atoms with Gasteiger partial charge in [-0.05, 0) is 66.8 Å². The highest BCUT2D eigenvalue weighted by molar-refractivity contribution is 5.74. The Labute approximate surface area is 177 Å². The molecule has 1 fully saturated rings. The summed E-state index contributed by atoms with van der Waals surface area (Å²) in [6, 6.07) is 13.1. The van der Waals surface area contributed by atoms with Gasteiger partial charge in [0.25, 0.3) is 0 Å². The molecule has 1 aliphatic rings. The SMILES string of the molecule is CCCC[C@H](F)C(=O)OC1CCC(c2ccc(-c3ccc(OC)c(F)c3)cc2)CC1. The molecule has 0 radical (unpaired) electrons. The summed E-state index contributed by atoms with van der Waals surface area (Å²) in [6.45, 7) is 1.97. The van der Waals surface area contributed by atoms with E-state index in [1.54, 1.807) is 6.07 Å². The summed E-state index contributed by atoms with van der Waals surface area (Å²) in [5.41, 5.74) is 2.98. The van der Waals surface area contributed by atoms with Crippen molar-refractivity contribution in [2.45, 2.75) is 70.1 Å². The first-order chi connectivity index (χ1) is 14.5. The Bertz CT molecular complexity index is 827. The molecule has 0 saturated heterocycles. The van der Waals surface area contributed by atoms with Crippen LogP contribution >= 0.6 is 0 Å². The molecule has 1 aliphatic carbocycles. The van der Waals surface area contributed by atoms with Gasteiger partial charge in [-0.1, -0.05) is 50.1 Å². The standard InChI is InChI=1S/C25H30F2O3/c1-3-4-5-22(26)25(28)30-21-13-10-18(11-14-21)17-6-8-19(9-7-17)20-12-15-24(29-2)23(27)16-20/h6-9,12,15-16,18,21-22H,3-5,10-11,13-14H2,1-2H3/t18?,21?,22-/m0/s1. The number of carbonyl (C=O) groups is 1. The summed E-state index contributed by atoms with van der Waals surface area (Å²) in [5, 5.41) is 0. The lowest BCUT2D eigenvalue weighted by molar-refractivity contribution is -0.157. The summed E-state index contributed by atoms with van der Waals surface area (Å²) >= 11 is 0. The predicted molar refractivity (Wildman–Crippen MR) is 114 cm³/mol. The maximum atomic E-state index is 14.0. The van der Waals surface area contributed by atoms with Crippen molar-refractivity contribution in [2.75, 3.05) is 7.11 Å². The third-order valence-corrected chi connectivity index (χ3v) is 5.89. The van der Waals surface area contributed by atoms with Crippen LogP contribution < -0.4 is 4.74 Å².